The van der Waals surface area contributed by atoms with Crippen LogP contribution in [0, 0.1) is 0 Å². The van der Waals surface area contributed by atoms with Gasteiger partial charge in [-0.25, -0.2) is 4.79 Å². The molecule has 94 valence electrons. The van der Waals surface area contributed by atoms with E-state index >= 15 is 0 Å². The van der Waals surface area contributed by atoms with Crippen molar-refractivity contribution >= 4 is 10.8 Å². The van der Waals surface area contributed by atoms with Gasteiger partial charge < -0.3 is 9.15 Å². The second kappa shape index (κ2) is 4.61. The van der Waals surface area contributed by atoms with E-state index in [1.54, 1.807) is 13.2 Å². The predicted octanol–water partition coefficient (Wildman–Crippen LogP) is 3.47. The summed E-state index contributed by atoms with van der Waals surface area (Å²) in [6.45, 7) is 0. The second-order valence-electron chi connectivity index (χ2n) is 4.19. The first kappa shape index (κ1) is 11.5. The summed E-state index contributed by atoms with van der Waals surface area (Å²) in [6.07, 6.45) is 0. The van der Waals surface area contributed by atoms with E-state index in [1.165, 1.54) is 0 Å². The SMILES string of the molecule is COc1ccccc1-c1cc2ccccc2c(=O)o1. The number of methoxy groups -OCH3 is 1. The van der Waals surface area contributed by atoms with Crippen LogP contribution in [0.3, 0.4) is 0 Å². The smallest absolute Gasteiger partial charge is 0.344 e. The van der Waals surface area contributed by atoms with Gasteiger partial charge in [0.2, 0.25) is 0 Å². The van der Waals surface area contributed by atoms with Crippen LogP contribution in [0.15, 0.2) is 63.8 Å². The molecule has 3 rings (SSSR count). The number of hydrogen-bond donors (Lipinski definition) is 0. The highest BCUT2D eigenvalue weighted by atomic mass is 16.5. The molecule has 0 radical (unpaired) electrons. The molecule has 0 bridgehead atoms. The zero-order valence-electron chi connectivity index (χ0n) is 10.4. The summed E-state index contributed by atoms with van der Waals surface area (Å²) < 4.78 is 10.7. The quantitative estimate of drug-likeness (QED) is 0.701. The largest absolute Gasteiger partial charge is 0.496 e. The molecular weight excluding hydrogens is 240 g/mol. The summed E-state index contributed by atoms with van der Waals surface area (Å²) >= 11 is 0. The van der Waals surface area contributed by atoms with Crippen LogP contribution in [0.2, 0.25) is 0 Å². The summed E-state index contributed by atoms with van der Waals surface area (Å²) in [5.41, 5.74) is 0.437. The minimum atomic E-state index is -0.334. The molecule has 3 nitrogen and oxygen atoms in total. The number of benzene rings is 2. The van der Waals surface area contributed by atoms with E-state index in [0.29, 0.717) is 16.9 Å². The van der Waals surface area contributed by atoms with Gasteiger partial charge in [0.05, 0.1) is 18.1 Å². The maximum absolute atomic E-state index is 12.0. The molecule has 19 heavy (non-hydrogen) atoms. The van der Waals surface area contributed by atoms with E-state index in [0.717, 1.165) is 10.9 Å². The summed E-state index contributed by atoms with van der Waals surface area (Å²) in [5.74, 6) is 1.20. The third-order valence-corrected chi connectivity index (χ3v) is 3.04. The fraction of sp³-hybridized carbons (Fsp3) is 0.0625. The van der Waals surface area contributed by atoms with Gasteiger partial charge in [0.1, 0.15) is 11.5 Å². The van der Waals surface area contributed by atoms with Crippen LogP contribution in [-0.2, 0) is 0 Å². The zero-order chi connectivity index (χ0) is 13.2. The Bertz CT molecular complexity index is 787. The average molecular weight is 252 g/mol. The lowest BCUT2D eigenvalue weighted by atomic mass is 10.1. The predicted molar refractivity (Wildman–Crippen MR) is 74.5 cm³/mol. The maximum Gasteiger partial charge on any atom is 0.344 e. The van der Waals surface area contributed by atoms with E-state index in [9.17, 15) is 4.79 Å². The number of hydrogen-bond acceptors (Lipinski definition) is 3. The number of rotatable bonds is 2. The molecule has 0 atom stereocenters. The van der Waals surface area contributed by atoms with E-state index in [2.05, 4.69) is 0 Å². The highest BCUT2D eigenvalue weighted by Crippen LogP contribution is 2.30. The summed E-state index contributed by atoms with van der Waals surface area (Å²) in [7, 11) is 1.60. The molecule has 0 N–H and O–H groups in total. The van der Waals surface area contributed by atoms with Crippen LogP contribution in [0.25, 0.3) is 22.1 Å². The Labute approximate surface area is 110 Å². The molecule has 1 aromatic heterocycles. The van der Waals surface area contributed by atoms with Gasteiger partial charge in [-0.1, -0.05) is 30.3 Å². The molecule has 0 amide bonds. The second-order valence-corrected chi connectivity index (χ2v) is 4.19. The topological polar surface area (TPSA) is 39.4 Å². The molecule has 0 aliphatic carbocycles. The van der Waals surface area contributed by atoms with Crippen molar-refractivity contribution in [1.29, 1.82) is 0 Å². The molecule has 0 fully saturated rings. The van der Waals surface area contributed by atoms with Crippen molar-refractivity contribution in [3.63, 3.8) is 0 Å². The van der Waals surface area contributed by atoms with Gasteiger partial charge in [-0.3, -0.25) is 0 Å². The normalized spacial score (nSPS) is 10.6. The molecule has 2 aromatic carbocycles. The average Bonchev–Trinajstić information content (AvgIpc) is 2.47. The minimum Gasteiger partial charge on any atom is -0.496 e. The van der Waals surface area contributed by atoms with Crippen molar-refractivity contribution in [2.24, 2.45) is 0 Å². The molecule has 0 saturated heterocycles. The Hall–Kier alpha value is -2.55. The Morgan fingerprint density at radius 2 is 1.74 bits per heavy atom. The zero-order valence-corrected chi connectivity index (χ0v) is 10.4. The minimum absolute atomic E-state index is 0.334. The van der Waals surface area contributed by atoms with Crippen LogP contribution < -0.4 is 10.4 Å². The molecule has 0 spiro atoms. The first-order chi connectivity index (χ1) is 9.29. The van der Waals surface area contributed by atoms with Gasteiger partial charge in [0, 0.05) is 0 Å². The first-order valence-electron chi connectivity index (χ1n) is 5.96. The first-order valence-corrected chi connectivity index (χ1v) is 5.96. The van der Waals surface area contributed by atoms with Crippen molar-refractivity contribution in [1.82, 2.24) is 0 Å². The van der Waals surface area contributed by atoms with Crippen molar-refractivity contribution in [3.8, 4) is 17.1 Å². The van der Waals surface area contributed by atoms with Gasteiger partial charge in [0.15, 0.2) is 0 Å². The molecule has 0 aliphatic heterocycles. The van der Waals surface area contributed by atoms with Crippen LogP contribution in [-0.4, -0.2) is 7.11 Å². The highest BCUT2D eigenvalue weighted by molar-refractivity contribution is 5.84. The Balaban J connectivity index is 2.29. The van der Waals surface area contributed by atoms with Crippen molar-refractivity contribution in [2.75, 3.05) is 7.11 Å². The Morgan fingerprint density at radius 1 is 1.00 bits per heavy atom. The molecule has 0 unspecified atom stereocenters. The summed E-state index contributed by atoms with van der Waals surface area (Å²) in [5, 5.41) is 1.45. The fourth-order valence-corrected chi connectivity index (χ4v) is 2.12. The van der Waals surface area contributed by atoms with Crippen LogP contribution in [0.4, 0.5) is 0 Å². The summed E-state index contributed by atoms with van der Waals surface area (Å²) in [6, 6.07) is 16.7. The molecule has 0 saturated carbocycles. The highest BCUT2D eigenvalue weighted by Gasteiger charge is 2.10. The molecule has 1 heterocycles. The van der Waals surface area contributed by atoms with Gasteiger partial charge >= 0.3 is 5.63 Å². The molecule has 3 aromatic rings. The van der Waals surface area contributed by atoms with Crippen LogP contribution in [0.1, 0.15) is 0 Å². The standard InChI is InChI=1S/C16H12O3/c1-18-14-9-5-4-8-13(14)15-10-11-6-2-3-7-12(11)16(17)19-15/h2-10H,1H3. The number of fused-ring (bicyclic) bond motifs is 1. The van der Waals surface area contributed by atoms with E-state index in [-0.39, 0.29) is 5.63 Å². The van der Waals surface area contributed by atoms with Crippen molar-refractivity contribution in [3.05, 3.63) is 65.0 Å². The van der Waals surface area contributed by atoms with E-state index in [1.807, 2.05) is 48.5 Å². The monoisotopic (exact) mass is 252 g/mol. The third-order valence-electron chi connectivity index (χ3n) is 3.04. The van der Waals surface area contributed by atoms with Gasteiger partial charge in [-0.15, -0.1) is 0 Å². The number of ether oxygens (including phenoxy) is 1. The maximum atomic E-state index is 12.0. The molecular formula is C16H12O3. The van der Waals surface area contributed by atoms with Gasteiger partial charge in [-0.05, 0) is 29.7 Å². The Morgan fingerprint density at radius 3 is 2.58 bits per heavy atom. The Kier molecular flexibility index (Phi) is 2.80. The van der Waals surface area contributed by atoms with E-state index in [4.69, 9.17) is 9.15 Å². The van der Waals surface area contributed by atoms with E-state index < -0.39 is 0 Å². The third kappa shape index (κ3) is 1.99. The lowest BCUT2D eigenvalue weighted by Gasteiger charge is -2.07. The lowest BCUT2D eigenvalue weighted by molar-refractivity contribution is 0.414. The van der Waals surface area contributed by atoms with Gasteiger partial charge in [0.25, 0.3) is 0 Å². The fourth-order valence-electron chi connectivity index (χ4n) is 2.12. The lowest BCUT2D eigenvalue weighted by Crippen LogP contribution is -2.00. The van der Waals surface area contributed by atoms with Gasteiger partial charge in [-0.2, -0.15) is 0 Å². The van der Waals surface area contributed by atoms with Crippen molar-refractivity contribution < 1.29 is 9.15 Å². The molecule has 0 aliphatic rings. The van der Waals surface area contributed by atoms with Crippen molar-refractivity contribution in [2.45, 2.75) is 0 Å². The van der Waals surface area contributed by atoms with Crippen LogP contribution >= 0.6 is 0 Å². The number of para-hydroxylation sites is 1. The summed E-state index contributed by atoms with van der Waals surface area (Å²) in [4.78, 5) is 12.0. The molecule has 3 heteroatoms. The van der Waals surface area contributed by atoms with Crippen LogP contribution in [0.5, 0.6) is 5.75 Å².